The first-order valence-electron chi connectivity index (χ1n) is 8.55. The Morgan fingerprint density at radius 1 is 1.17 bits per heavy atom. The molecule has 0 bridgehead atoms. The van der Waals surface area contributed by atoms with Gasteiger partial charge in [0.25, 0.3) is 11.1 Å². The van der Waals surface area contributed by atoms with Crippen LogP contribution in [0.25, 0.3) is 6.08 Å². The lowest BCUT2D eigenvalue weighted by molar-refractivity contribution is -0.142. The molecule has 0 saturated carbocycles. The van der Waals surface area contributed by atoms with E-state index in [2.05, 4.69) is 10.8 Å². The van der Waals surface area contributed by atoms with Crippen molar-refractivity contribution in [2.75, 3.05) is 13.7 Å². The SMILES string of the molecule is COC(=O)COc1ccc(/C=C2\SC(=O)N(Cc3ccccc3C#N)C2=O)cc1. The summed E-state index contributed by atoms with van der Waals surface area (Å²) in [5.41, 5.74) is 1.75. The Labute approximate surface area is 171 Å². The highest BCUT2D eigenvalue weighted by Crippen LogP contribution is 2.33. The number of imide groups is 1. The highest BCUT2D eigenvalue weighted by Gasteiger charge is 2.35. The van der Waals surface area contributed by atoms with E-state index in [0.29, 0.717) is 27.3 Å². The van der Waals surface area contributed by atoms with Crippen molar-refractivity contribution in [2.24, 2.45) is 0 Å². The second-order valence-electron chi connectivity index (χ2n) is 5.97. The molecule has 7 nitrogen and oxygen atoms in total. The zero-order valence-electron chi connectivity index (χ0n) is 15.5. The number of hydrogen-bond acceptors (Lipinski definition) is 7. The Morgan fingerprint density at radius 2 is 1.90 bits per heavy atom. The topological polar surface area (TPSA) is 96.7 Å². The normalized spacial score (nSPS) is 14.8. The van der Waals surface area contributed by atoms with Gasteiger partial charge in [-0.25, -0.2) is 4.79 Å². The molecule has 1 heterocycles. The quantitative estimate of drug-likeness (QED) is 0.534. The van der Waals surface area contributed by atoms with Gasteiger partial charge in [0.05, 0.1) is 30.2 Å². The molecule has 1 aliphatic heterocycles. The van der Waals surface area contributed by atoms with Crippen LogP contribution in [0.4, 0.5) is 4.79 Å². The molecule has 0 atom stereocenters. The minimum Gasteiger partial charge on any atom is -0.482 e. The molecule has 0 spiro atoms. The van der Waals surface area contributed by atoms with E-state index in [1.54, 1.807) is 54.6 Å². The van der Waals surface area contributed by atoms with E-state index < -0.39 is 11.9 Å². The van der Waals surface area contributed by atoms with Gasteiger partial charge >= 0.3 is 5.97 Å². The van der Waals surface area contributed by atoms with Crippen LogP contribution in [0.1, 0.15) is 16.7 Å². The molecule has 2 aromatic rings. The first-order valence-corrected chi connectivity index (χ1v) is 9.36. The molecule has 29 heavy (non-hydrogen) atoms. The summed E-state index contributed by atoms with van der Waals surface area (Å²) < 4.78 is 9.78. The molecule has 3 rings (SSSR count). The Bertz CT molecular complexity index is 1020. The third-order valence-corrected chi connectivity index (χ3v) is 5.01. The predicted molar refractivity (Wildman–Crippen MR) is 107 cm³/mol. The van der Waals surface area contributed by atoms with Crippen LogP contribution in [-0.2, 0) is 20.9 Å². The van der Waals surface area contributed by atoms with Crippen molar-refractivity contribution in [1.82, 2.24) is 4.90 Å². The second-order valence-corrected chi connectivity index (χ2v) is 6.96. The standard InChI is InChI=1S/C21H16N2O5S/c1-27-19(24)13-28-17-8-6-14(7-9-17)10-18-20(25)23(21(26)29-18)12-16-5-3-2-4-15(16)11-22/h2-10H,12-13H2,1H3/b18-10-. The number of ether oxygens (including phenoxy) is 2. The maximum atomic E-state index is 12.7. The summed E-state index contributed by atoms with van der Waals surface area (Å²) in [7, 11) is 1.28. The molecule has 0 aromatic heterocycles. The summed E-state index contributed by atoms with van der Waals surface area (Å²) >= 11 is 0.854. The number of thioether (sulfide) groups is 1. The summed E-state index contributed by atoms with van der Waals surface area (Å²) in [5.74, 6) is -0.409. The number of amides is 2. The number of nitriles is 1. The van der Waals surface area contributed by atoms with Crippen molar-refractivity contribution < 1.29 is 23.9 Å². The number of benzene rings is 2. The first kappa shape index (κ1) is 20.2. The summed E-state index contributed by atoms with van der Waals surface area (Å²) in [6, 6.07) is 15.7. The lowest BCUT2D eigenvalue weighted by atomic mass is 10.1. The van der Waals surface area contributed by atoms with Crippen LogP contribution in [0.5, 0.6) is 5.75 Å². The van der Waals surface area contributed by atoms with Crippen LogP contribution in [0.15, 0.2) is 53.4 Å². The zero-order valence-corrected chi connectivity index (χ0v) is 16.3. The molecule has 2 aromatic carbocycles. The number of methoxy groups -OCH3 is 1. The van der Waals surface area contributed by atoms with Gasteiger partial charge in [0.2, 0.25) is 0 Å². The van der Waals surface area contributed by atoms with E-state index in [0.717, 1.165) is 16.7 Å². The number of carbonyl (C=O) groups is 3. The van der Waals surface area contributed by atoms with Crippen molar-refractivity contribution in [3.05, 3.63) is 70.1 Å². The minimum absolute atomic E-state index is 0.0477. The van der Waals surface area contributed by atoms with Gasteiger partial charge in [-0.2, -0.15) is 5.26 Å². The van der Waals surface area contributed by atoms with E-state index in [9.17, 15) is 19.6 Å². The molecule has 0 radical (unpaired) electrons. The Balaban J connectivity index is 1.71. The van der Waals surface area contributed by atoms with Crippen molar-refractivity contribution in [3.63, 3.8) is 0 Å². The Morgan fingerprint density at radius 3 is 2.59 bits per heavy atom. The number of rotatable bonds is 6. The smallest absolute Gasteiger partial charge is 0.343 e. The fourth-order valence-corrected chi connectivity index (χ4v) is 3.43. The molecule has 1 saturated heterocycles. The Hall–Kier alpha value is -3.57. The molecule has 1 fully saturated rings. The molecule has 8 heteroatoms. The van der Waals surface area contributed by atoms with E-state index in [-0.39, 0.29) is 18.4 Å². The molecule has 0 aliphatic carbocycles. The summed E-state index contributed by atoms with van der Waals surface area (Å²) in [5, 5.41) is 8.80. The Kier molecular flexibility index (Phi) is 6.32. The van der Waals surface area contributed by atoms with E-state index in [1.807, 2.05) is 0 Å². The molecule has 0 N–H and O–H groups in total. The third kappa shape index (κ3) is 4.83. The molecular weight excluding hydrogens is 392 g/mol. The van der Waals surface area contributed by atoms with Crippen LogP contribution in [-0.4, -0.2) is 35.7 Å². The van der Waals surface area contributed by atoms with Gasteiger partial charge < -0.3 is 9.47 Å². The van der Waals surface area contributed by atoms with Crippen molar-refractivity contribution in [3.8, 4) is 11.8 Å². The highest BCUT2D eigenvalue weighted by atomic mass is 32.2. The number of hydrogen-bond donors (Lipinski definition) is 0. The van der Waals surface area contributed by atoms with Crippen molar-refractivity contribution >= 4 is 35.0 Å². The zero-order chi connectivity index (χ0) is 20.8. The lowest BCUT2D eigenvalue weighted by Crippen LogP contribution is -2.27. The monoisotopic (exact) mass is 408 g/mol. The average Bonchev–Trinajstić information content (AvgIpc) is 3.00. The van der Waals surface area contributed by atoms with E-state index >= 15 is 0 Å². The van der Waals surface area contributed by atoms with Crippen LogP contribution < -0.4 is 4.74 Å². The molecular formula is C21H16N2O5S. The number of carbonyl (C=O) groups excluding carboxylic acids is 3. The number of nitrogens with zero attached hydrogens (tertiary/aromatic N) is 2. The molecule has 2 amide bonds. The highest BCUT2D eigenvalue weighted by molar-refractivity contribution is 8.18. The lowest BCUT2D eigenvalue weighted by Gasteiger charge is -2.13. The number of esters is 1. The van der Waals surface area contributed by atoms with E-state index in [1.165, 1.54) is 7.11 Å². The van der Waals surface area contributed by atoms with Crippen molar-refractivity contribution in [1.29, 1.82) is 5.26 Å². The van der Waals surface area contributed by atoms with Gasteiger partial charge in [-0.15, -0.1) is 0 Å². The largest absolute Gasteiger partial charge is 0.482 e. The molecule has 0 unspecified atom stereocenters. The van der Waals surface area contributed by atoms with Crippen molar-refractivity contribution in [2.45, 2.75) is 6.54 Å². The van der Waals surface area contributed by atoms with Gasteiger partial charge in [0.1, 0.15) is 5.75 Å². The van der Waals surface area contributed by atoms with Crippen LogP contribution >= 0.6 is 11.8 Å². The minimum atomic E-state index is -0.485. The van der Waals surface area contributed by atoms with Crippen LogP contribution in [0.2, 0.25) is 0 Å². The van der Waals surface area contributed by atoms with Gasteiger partial charge in [-0.3, -0.25) is 14.5 Å². The summed E-state index contributed by atoms with van der Waals surface area (Å²) in [6.07, 6.45) is 1.62. The van der Waals surface area contributed by atoms with Gasteiger partial charge in [0.15, 0.2) is 6.61 Å². The molecule has 1 aliphatic rings. The van der Waals surface area contributed by atoms with Gasteiger partial charge in [0, 0.05) is 0 Å². The van der Waals surface area contributed by atoms with Gasteiger partial charge in [-0.05, 0) is 47.2 Å². The van der Waals surface area contributed by atoms with E-state index in [4.69, 9.17) is 4.74 Å². The maximum absolute atomic E-state index is 12.7. The third-order valence-electron chi connectivity index (χ3n) is 4.10. The summed E-state index contributed by atoms with van der Waals surface area (Å²) in [6.45, 7) is -0.148. The summed E-state index contributed by atoms with van der Waals surface area (Å²) in [4.78, 5) is 37.5. The maximum Gasteiger partial charge on any atom is 0.343 e. The predicted octanol–water partition coefficient (Wildman–Crippen LogP) is 3.35. The second kappa shape index (κ2) is 9.08. The average molecular weight is 408 g/mol. The fourth-order valence-electron chi connectivity index (χ4n) is 2.59. The van der Waals surface area contributed by atoms with Gasteiger partial charge in [-0.1, -0.05) is 30.3 Å². The van der Waals surface area contributed by atoms with Crippen LogP contribution in [0.3, 0.4) is 0 Å². The van der Waals surface area contributed by atoms with Crippen LogP contribution in [0, 0.1) is 11.3 Å². The fraction of sp³-hybridized carbons (Fsp3) is 0.143. The molecule has 146 valence electrons. The first-order chi connectivity index (χ1) is 14.0.